The maximum Gasteiger partial charge on any atom is 0.317 e. The van der Waals surface area contributed by atoms with E-state index in [0.29, 0.717) is 39.3 Å². The van der Waals surface area contributed by atoms with Gasteiger partial charge in [-0.2, -0.15) is 0 Å². The van der Waals surface area contributed by atoms with E-state index in [9.17, 15) is 9.59 Å². The number of hydrogen-bond donors (Lipinski definition) is 1. The number of piperidine rings is 1. The Morgan fingerprint density at radius 2 is 2.27 bits per heavy atom. The van der Waals surface area contributed by atoms with Crippen LogP contribution in [0.1, 0.15) is 26.2 Å². The third-order valence-electron chi connectivity index (χ3n) is 4.25. The molecule has 0 radical (unpaired) electrons. The first-order valence-electron chi connectivity index (χ1n) is 7.90. The zero-order valence-corrected chi connectivity index (χ0v) is 13.4. The third kappa shape index (κ3) is 3.89. The number of amides is 2. The van der Waals surface area contributed by atoms with Crippen molar-refractivity contribution in [2.45, 2.75) is 32.2 Å². The number of rotatable bonds is 5. The quantitative estimate of drug-likeness (QED) is 0.759. The lowest BCUT2D eigenvalue weighted by molar-refractivity contribution is -0.162. The van der Waals surface area contributed by atoms with E-state index in [-0.39, 0.29) is 24.6 Å². The highest BCUT2D eigenvalue weighted by molar-refractivity contribution is 5.80. The first kappa shape index (κ1) is 17.0. The molecule has 2 saturated heterocycles. The molecular weight excluding hydrogens is 288 g/mol. The van der Waals surface area contributed by atoms with Crippen LogP contribution in [0.25, 0.3) is 0 Å². The van der Waals surface area contributed by atoms with Crippen molar-refractivity contribution in [1.29, 1.82) is 0 Å². The van der Waals surface area contributed by atoms with Crippen LogP contribution in [0.3, 0.4) is 0 Å². The van der Waals surface area contributed by atoms with E-state index >= 15 is 0 Å². The number of esters is 1. The molecule has 0 unspecified atom stereocenters. The van der Waals surface area contributed by atoms with Crippen molar-refractivity contribution in [1.82, 2.24) is 10.2 Å². The summed E-state index contributed by atoms with van der Waals surface area (Å²) >= 11 is 0. The summed E-state index contributed by atoms with van der Waals surface area (Å²) in [7, 11) is 1.57. The fourth-order valence-corrected chi connectivity index (χ4v) is 3.12. The van der Waals surface area contributed by atoms with Crippen molar-refractivity contribution in [2.75, 3.05) is 46.6 Å². The minimum absolute atomic E-state index is 0.0637. The Morgan fingerprint density at radius 1 is 1.45 bits per heavy atom. The van der Waals surface area contributed by atoms with Crippen LogP contribution in [0.5, 0.6) is 0 Å². The third-order valence-corrected chi connectivity index (χ3v) is 4.25. The molecule has 0 aromatic heterocycles. The van der Waals surface area contributed by atoms with Gasteiger partial charge in [-0.25, -0.2) is 4.79 Å². The number of nitrogens with zero attached hydrogens (tertiary/aromatic N) is 1. The van der Waals surface area contributed by atoms with Gasteiger partial charge in [0.15, 0.2) is 0 Å². The molecule has 2 atom stereocenters. The number of hydrogen-bond acceptors (Lipinski definition) is 5. The normalized spacial score (nSPS) is 28.5. The second kappa shape index (κ2) is 7.78. The van der Waals surface area contributed by atoms with Crippen molar-refractivity contribution < 1.29 is 23.8 Å². The predicted molar refractivity (Wildman–Crippen MR) is 79.5 cm³/mol. The highest BCUT2D eigenvalue weighted by Crippen LogP contribution is 2.32. The molecule has 2 amide bonds. The van der Waals surface area contributed by atoms with Gasteiger partial charge in [0.25, 0.3) is 0 Å². The Labute approximate surface area is 131 Å². The molecule has 2 aliphatic heterocycles. The second-order valence-electron chi connectivity index (χ2n) is 5.97. The average molecular weight is 314 g/mol. The molecule has 7 nitrogen and oxygen atoms in total. The summed E-state index contributed by atoms with van der Waals surface area (Å²) in [6, 6.07) is -0.0752. The summed E-state index contributed by atoms with van der Waals surface area (Å²) in [6.07, 6.45) is 2.27. The van der Waals surface area contributed by atoms with E-state index in [2.05, 4.69) is 5.32 Å². The van der Waals surface area contributed by atoms with E-state index in [1.165, 1.54) is 0 Å². The Kier molecular flexibility index (Phi) is 6.02. The molecule has 0 aromatic carbocycles. The van der Waals surface area contributed by atoms with Gasteiger partial charge in [-0.3, -0.25) is 4.79 Å². The Balaban J connectivity index is 2.00. The number of carbonyl (C=O) groups is 2. The van der Waals surface area contributed by atoms with Gasteiger partial charge < -0.3 is 24.4 Å². The van der Waals surface area contributed by atoms with Crippen LogP contribution in [-0.2, 0) is 19.0 Å². The topological polar surface area (TPSA) is 77.1 Å². The summed E-state index contributed by atoms with van der Waals surface area (Å²) in [6.45, 7) is 4.59. The van der Waals surface area contributed by atoms with E-state index < -0.39 is 5.41 Å². The Bertz CT molecular complexity index is 393. The summed E-state index contributed by atoms with van der Waals surface area (Å²) < 4.78 is 15.7. The van der Waals surface area contributed by atoms with Crippen LogP contribution in [0.2, 0.25) is 0 Å². The second-order valence-corrected chi connectivity index (χ2v) is 5.97. The molecule has 2 heterocycles. The summed E-state index contributed by atoms with van der Waals surface area (Å²) in [4.78, 5) is 26.4. The molecule has 1 N–H and O–H groups in total. The first-order chi connectivity index (χ1) is 10.6. The van der Waals surface area contributed by atoms with Crippen LogP contribution < -0.4 is 5.32 Å². The summed E-state index contributed by atoms with van der Waals surface area (Å²) in [5.41, 5.74) is -0.757. The van der Waals surface area contributed by atoms with Gasteiger partial charge in [0.05, 0.1) is 25.9 Å². The molecule has 2 aliphatic rings. The summed E-state index contributed by atoms with van der Waals surface area (Å²) in [5.74, 6) is -0.279. The van der Waals surface area contributed by atoms with Crippen molar-refractivity contribution >= 4 is 12.0 Å². The van der Waals surface area contributed by atoms with Crippen LogP contribution in [0, 0.1) is 5.41 Å². The average Bonchev–Trinajstić information content (AvgIpc) is 3.01. The zero-order chi connectivity index (χ0) is 16.0. The lowest BCUT2D eigenvalue weighted by Crippen LogP contribution is -2.56. The largest absolute Gasteiger partial charge is 0.465 e. The van der Waals surface area contributed by atoms with Crippen molar-refractivity contribution in [3.63, 3.8) is 0 Å². The monoisotopic (exact) mass is 314 g/mol. The van der Waals surface area contributed by atoms with Crippen LogP contribution in [0.15, 0.2) is 0 Å². The number of nitrogens with one attached hydrogen (secondary N) is 1. The van der Waals surface area contributed by atoms with Gasteiger partial charge in [0.1, 0.15) is 5.41 Å². The highest BCUT2D eigenvalue weighted by atomic mass is 16.5. The molecule has 0 aromatic rings. The molecule has 2 fully saturated rings. The number of carbonyl (C=O) groups excluding carboxylic acids is 2. The van der Waals surface area contributed by atoms with Gasteiger partial charge >= 0.3 is 12.0 Å². The Hall–Kier alpha value is -1.34. The molecule has 0 spiro atoms. The van der Waals surface area contributed by atoms with Gasteiger partial charge in [0, 0.05) is 26.8 Å². The van der Waals surface area contributed by atoms with Crippen molar-refractivity contribution in [3.8, 4) is 0 Å². The fraction of sp³-hybridized carbons (Fsp3) is 0.867. The Morgan fingerprint density at radius 3 is 2.91 bits per heavy atom. The van der Waals surface area contributed by atoms with E-state index in [0.717, 1.165) is 12.8 Å². The standard InChI is InChI=1S/C15H26N2O5/c1-3-22-13(18)15(11-20-2)6-4-7-17(10-15)14(19)16-12-5-8-21-9-12/h12H,3-11H2,1-2H3,(H,16,19)/t12-,15+/m0/s1. The molecule has 0 saturated carbocycles. The fourth-order valence-electron chi connectivity index (χ4n) is 3.12. The van der Waals surface area contributed by atoms with Crippen LogP contribution in [0.4, 0.5) is 4.79 Å². The highest BCUT2D eigenvalue weighted by Gasteiger charge is 2.45. The van der Waals surface area contributed by atoms with Crippen LogP contribution >= 0.6 is 0 Å². The van der Waals surface area contributed by atoms with Crippen molar-refractivity contribution in [2.24, 2.45) is 5.41 Å². The van der Waals surface area contributed by atoms with E-state index in [4.69, 9.17) is 14.2 Å². The van der Waals surface area contributed by atoms with Gasteiger partial charge in [-0.15, -0.1) is 0 Å². The molecule has 7 heteroatoms. The summed E-state index contributed by atoms with van der Waals surface area (Å²) in [5, 5.41) is 2.97. The number of likely N-dealkylation sites (tertiary alicyclic amines) is 1. The maximum absolute atomic E-state index is 12.4. The van der Waals surface area contributed by atoms with Crippen LogP contribution in [-0.4, -0.2) is 69.6 Å². The maximum atomic E-state index is 12.4. The molecular formula is C15H26N2O5. The molecule has 126 valence electrons. The van der Waals surface area contributed by atoms with Gasteiger partial charge in [-0.05, 0) is 26.2 Å². The zero-order valence-electron chi connectivity index (χ0n) is 13.4. The van der Waals surface area contributed by atoms with E-state index in [1.807, 2.05) is 0 Å². The minimum atomic E-state index is -0.757. The molecule has 0 aliphatic carbocycles. The molecule has 0 bridgehead atoms. The lowest BCUT2D eigenvalue weighted by Gasteiger charge is -2.40. The van der Waals surface area contributed by atoms with Gasteiger partial charge in [0.2, 0.25) is 0 Å². The first-order valence-corrected chi connectivity index (χ1v) is 7.90. The number of ether oxygens (including phenoxy) is 3. The number of urea groups is 1. The SMILES string of the molecule is CCOC(=O)[C@]1(COC)CCCN(C(=O)N[C@H]2CCOC2)C1. The van der Waals surface area contributed by atoms with Gasteiger partial charge in [-0.1, -0.05) is 0 Å². The molecule has 22 heavy (non-hydrogen) atoms. The predicted octanol–water partition coefficient (Wildman–Crippen LogP) is 0.777. The van der Waals surface area contributed by atoms with E-state index in [1.54, 1.807) is 18.9 Å². The smallest absolute Gasteiger partial charge is 0.317 e. The lowest BCUT2D eigenvalue weighted by atomic mass is 9.80. The number of methoxy groups -OCH3 is 1. The minimum Gasteiger partial charge on any atom is -0.465 e. The van der Waals surface area contributed by atoms with Crippen molar-refractivity contribution in [3.05, 3.63) is 0 Å². The molecule has 2 rings (SSSR count).